The first-order valence-electron chi connectivity index (χ1n) is 8.13. The quantitative estimate of drug-likeness (QED) is 0.874. The normalized spacial score (nSPS) is 26.3. The van der Waals surface area contributed by atoms with E-state index in [4.69, 9.17) is 10.5 Å². The van der Waals surface area contributed by atoms with Crippen LogP contribution >= 0.6 is 0 Å². The minimum atomic E-state index is -3.52. The molecule has 3 atom stereocenters. The van der Waals surface area contributed by atoms with Crippen molar-refractivity contribution in [1.82, 2.24) is 0 Å². The largest absolute Gasteiger partial charge is 0.380 e. The van der Waals surface area contributed by atoms with Crippen molar-refractivity contribution in [1.29, 1.82) is 0 Å². The number of ether oxygens (including phenoxy) is 1. The molecule has 0 aliphatic heterocycles. The van der Waals surface area contributed by atoms with Gasteiger partial charge in [-0.05, 0) is 31.5 Å². The third-order valence-electron chi connectivity index (χ3n) is 4.70. The molecule has 0 saturated heterocycles. The number of nitrogens with two attached hydrogens (primary N) is 1. The second-order valence-corrected chi connectivity index (χ2v) is 8.49. The minimum absolute atomic E-state index is 0.235. The van der Waals surface area contributed by atoms with Crippen molar-refractivity contribution >= 4 is 9.84 Å². The van der Waals surface area contributed by atoms with E-state index < -0.39 is 20.6 Å². The van der Waals surface area contributed by atoms with Gasteiger partial charge in [-0.25, -0.2) is 8.42 Å². The molecule has 0 amide bonds. The zero-order valence-corrected chi connectivity index (χ0v) is 14.8. The maximum Gasteiger partial charge on any atom is 0.183 e. The third-order valence-corrected chi connectivity index (χ3v) is 7.01. The zero-order valence-electron chi connectivity index (χ0n) is 14.0. The minimum Gasteiger partial charge on any atom is -0.380 e. The molecule has 2 N–H and O–H groups in total. The Morgan fingerprint density at radius 3 is 2.29 bits per heavy atom. The number of aryl methyl sites for hydroxylation is 1. The molecule has 5 heteroatoms. The van der Waals surface area contributed by atoms with Crippen molar-refractivity contribution in [3.05, 3.63) is 65.7 Å². The monoisotopic (exact) mass is 345 g/mol. The van der Waals surface area contributed by atoms with Crippen LogP contribution in [0.25, 0.3) is 0 Å². The lowest BCUT2D eigenvalue weighted by atomic mass is 10.1. The fourth-order valence-electron chi connectivity index (χ4n) is 3.36. The van der Waals surface area contributed by atoms with Crippen LogP contribution in [-0.2, 0) is 14.6 Å². The molecule has 128 valence electrons. The molecule has 0 radical (unpaired) electrons. The smallest absolute Gasteiger partial charge is 0.183 e. The van der Waals surface area contributed by atoms with Crippen molar-refractivity contribution < 1.29 is 13.2 Å². The van der Waals surface area contributed by atoms with E-state index in [-0.39, 0.29) is 12.5 Å². The van der Waals surface area contributed by atoms with E-state index in [1.165, 1.54) is 0 Å². The molecule has 3 rings (SSSR count). The average Bonchev–Trinajstić information content (AvgIpc) is 3.21. The summed E-state index contributed by atoms with van der Waals surface area (Å²) in [7, 11) is -3.52. The SMILES string of the molecule is CCOC[C@@]1(N)[C@H](S(=O)(=O)c2ccccc2)[C@@H]1c1ccc(C)cc1. The first-order valence-corrected chi connectivity index (χ1v) is 9.68. The van der Waals surface area contributed by atoms with Crippen LogP contribution < -0.4 is 5.73 Å². The maximum atomic E-state index is 13.1. The number of rotatable bonds is 6. The summed E-state index contributed by atoms with van der Waals surface area (Å²) in [6, 6.07) is 16.4. The van der Waals surface area contributed by atoms with Gasteiger partial charge in [0.05, 0.1) is 22.3 Å². The molecule has 1 saturated carbocycles. The fraction of sp³-hybridized carbons (Fsp3) is 0.368. The molecule has 0 spiro atoms. The van der Waals surface area contributed by atoms with Gasteiger partial charge in [-0.2, -0.15) is 0 Å². The van der Waals surface area contributed by atoms with Crippen molar-refractivity contribution in [3.8, 4) is 0 Å². The van der Waals surface area contributed by atoms with Crippen LogP contribution in [0.4, 0.5) is 0 Å². The predicted octanol–water partition coefficient (Wildman–Crippen LogP) is 2.67. The lowest BCUT2D eigenvalue weighted by Crippen LogP contribution is -2.36. The Hall–Kier alpha value is -1.69. The molecule has 4 nitrogen and oxygen atoms in total. The molecule has 24 heavy (non-hydrogen) atoms. The highest BCUT2D eigenvalue weighted by molar-refractivity contribution is 7.92. The molecule has 2 aromatic carbocycles. The molecule has 0 heterocycles. The molecule has 1 fully saturated rings. The summed E-state index contributed by atoms with van der Waals surface area (Å²) in [6.07, 6.45) is 0. The summed E-state index contributed by atoms with van der Waals surface area (Å²) >= 11 is 0. The Balaban J connectivity index is 1.99. The van der Waals surface area contributed by atoms with Crippen molar-refractivity contribution in [2.24, 2.45) is 5.73 Å². The van der Waals surface area contributed by atoms with Gasteiger partial charge >= 0.3 is 0 Å². The van der Waals surface area contributed by atoms with Crippen molar-refractivity contribution in [2.45, 2.75) is 35.4 Å². The van der Waals surface area contributed by atoms with Crippen LogP contribution in [0.3, 0.4) is 0 Å². The van der Waals surface area contributed by atoms with E-state index in [1.54, 1.807) is 30.3 Å². The van der Waals surface area contributed by atoms with Crippen molar-refractivity contribution in [2.75, 3.05) is 13.2 Å². The van der Waals surface area contributed by atoms with Crippen LogP contribution in [0.5, 0.6) is 0 Å². The van der Waals surface area contributed by atoms with E-state index in [2.05, 4.69) is 0 Å². The van der Waals surface area contributed by atoms with Gasteiger partial charge in [0, 0.05) is 12.5 Å². The van der Waals surface area contributed by atoms with Gasteiger partial charge in [-0.3, -0.25) is 0 Å². The topological polar surface area (TPSA) is 69.4 Å². The number of benzene rings is 2. The van der Waals surface area contributed by atoms with E-state index in [0.717, 1.165) is 11.1 Å². The average molecular weight is 345 g/mol. The predicted molar refractivity (Wildman–Crippen MR) is 94.7 cm³/mol. The Morgan fingerprint density at radius 1 is 1.08 bits per heavy atom. The van der Waals surface area contributed by atoms with E-state index in [9.17, 15) is 8.42 Å². The Morgan fingerprint density at radius 2 is 1.71 bits per heavy atom. The lowest BCUT2D eigenvalue weighted by molar-refractivity contribution is 0.125. The third kappa shape index (κ3) is 2.88. The van der Waals surface area contributed by atoms with Crippen LogP contribution in [0, 0.1) is 6.92 Å². The van der Waals surface area contributed by atoms with Crippen LogP contribution in [0.1, 0.15) is 24.0 Å². The summed E-state index contributed by atoms with van der Waals surface area (Å²) in [4.78, 5) is 0.316. The molecule has 2 aromatic rings. The van der Waals surface area contributed by atoms with E-state index >= 15 is 0 Å². The van der Waals surface area contributed by atoms with Gasteiger partial charge in [0.1, 0.15) is 0 Å². The summed E-state index contributed by atoms with van der Waals surface area (Å²) < 4.78 is 31.7. The Bertz CT molecular complexity index is 802. The second-order valence-electron chi connectivity index (χ2n) is 6.42. The van der Waals surface area contributed by atoms with Crippen LogP contribution in [0.15, 0.2) is 59.5 Å². The van der Waals surface area contributed by atoms with Crippen molar-refractivity contribution in [3.63, 3.8) is 0 Å². The lowest BCUT2D eigenvalue weighted by Gasteiger charge is -2.12. The Labute approximate surface area is 143 Å². The van der Waals surface area contributed by atoms with Gasteiger partial charge in [-0.15, -0.1) is 0 Å². The van der Waals surface area contributed by atoms with Crippen LogP contribution in [0.2, 0.25) is 0 Å². The number of hydrogen-bond acceptors (Lipinski definition) is 4. The molecule has 0 aromatic heterocycles. The van der Waals surface area contributed by atoms with Crippen LogP contribution in [-0.4, -0.2) is 32.4 Å². The standard InChI is InChI=1S/C19H23NO3S/c1-3-23-13-19(20)17(15-11-9-14(2)10-12-15)18(19)24(21,22)16-7-5-4-6-8-16/h4-12,17-18H,3,13,20H2,1-2H3/t17-,18+,19-/m0/s1. The Kier molecular flexibility index (Phi) is 4.51. The highest BCUT2D eigenvalue weighted by atomic mass is 32.2. The summed E-state index contributed by atoms with van der Waals surface area (Å²) in [5, 5.41) is -0.665. The first-order chi connectivity index (χ1) is 11.4. The van der Waals surface area contributed by atoms with E-state index in [0.29, 0.717) is 11.5 Å². The zero-order chi connectivity index (χ0) is 17.4. The summed E-state index contributed by atoms with van der Waals surface area (Å²) in [6.45, 7) is 4.63. The van der Waals surface area contributed by atoms with Gasteiger partial charge in [-0.1, -0.05) is 48.0 Å². The molecule has 0 bridgehead atoms. The first kappa shape index (κ1) is 17.1. The van der Waals surface area contributed by atoms with Gasteiger partial charge in [0.2, 0.25) is 0 Å². The second kappa shape index (κ2) is 6.31. The molecule has 1 aliphatic carbocycles. The number of hydrogen-bond donors (Lipinski definition) is 1. The summed E-state index contributed by atoms with van der Waals surface area (Å²) in [5.41, 5.74) is 7.71. The number of sulfone groups is 1. The summed E-state index contributed by atoms with van der Waals surface area (Å²) in [5.74, 6) is -0.255. The van der Waals surface area contributed by atoms with Gasteiger partial charge in [0.25, 0.3) is 0 Å². The molecule has 0 unspecified atom stereocenters. The highest BCUT2D eigenvalue weighted by Crippen LogP contribution is 2.55. The van der Waals surface area contributed by atoms with Gasteiger partial charge < -0.3 is 10.5 Å². The molecule has 1 aliphatic rings. The highest BCUT2D eigenvalue weighted by Gasteiger charge is 2.69. The van der Waals surface area contributed by atoms with E-state index in [1.807, 2.05) is 38.1 Å². The molecular weight excluding hydrogens is 322 g/mol. The maximum absolute atomic E-state index is 13.1. The van der Waals surface area contributed by atoms with Gasteiger partial charge in [0.15, 0.2) is 9.84 Å². The molecular formula is C19H23NO3S. The fourth-order valence-corrected chi connectivity index (χ4v) is 5.67.